The zero-order valence-electron chi connectivity index (χ0n) is 18.6. The zero-order chi connectivity index (χ0) is 22.5. The Morgan fingerprint density at radius 2 is 1.87 bits per heavy atom. The summed E-state index contributed by atoms with van der Waals surface area (Å²) in [5.74, 6) is 4.62. The van der Waals surface area contributed by atoms with Crippen LogP contribution in [0.5, 0.6) is 0 Å². The maximum absolute atomic E-state index is 14.5. The Kier molecular flexibility index (Phi) is 8.06. The van der Waals surface area contributed by atoms with Crippen molar-refractivity contribution in [3.63, 3.8) is 0 Å². The largest absolute Gasteiger partial charge is 0.444 e. The third kappa shape index (κ3) is 6.58. The third-order valence-electron chi connectivity index (χ3n) is 5.53. The molecule has 1 aliphatic carbocycles. The highest BCUT2D eigenvalue weighted by atomic mass is 19.1. The Bertz CT molecular complexity index is 755. The average molecular weight is 423 g/mol. The number of nitrogen functional groups attached to an aromatic ring is 1. The fourth-order valence-corrected chi connectivity index (χ4v) is 3.94. The van der Waals surface area contributed by atoms with E-state index in [1.807, 2.05) is 33.1 Å². The van der Waals surface area contributed by atoms with Crippen LogP contribution in [0.3, 0.4) is 0 Å². The van der Waals surface area contributed by atoms with Crippen molar-refractivity contribution >= 4 is 17.7 Å². The minimum Gasteiger partial charge on any atom is -0.444 e. The van der Waals surface area contributed by atoms with Gasteiger partial charge < -0.3 is 15.4 Å². The number of amides is 2. The van der Waals surface area contributed by atoms with Gasteiger partial charge in [0.05, 0.1) is 0 Å². The number of nitrogens with one attached hydrogen (secondary N) is 3. The first-order valence-electron chi connectivity index (χ1n) is 10.6. The number of carbonyl (C=O) groups excluding carboxylic acids is 2. The molecular formula is C22H35FN4O3. The standard InChI is InChI=1S/C22H35FN4O3/c1-6-17-18(23)11-15(20(28)27-24)12-19(17)25-13(2)14-7-9-16(10-8-14)26-21(29)30-22(3,4)5/h11-14,16,25H,6-10,24H2,1-5H3,(H,26,29)(H,27,28)/t13-,14?,16?/m0/s1. The van der Waals surface area contributed by atoms with Crippen LogP contribution in [0.25, 0.3) is 0 Å². The van der Waals surface area contributed by atoms with Gasteiger partial charge in [-0.25, -0.2) is 15.0 Å². The van der Waals surface area contributed by atoms with E-state index in [1.54, 1.807) is 6.07 Å². The van der Waals surface area contributed by atoms with E-state index in [0.29, 0.717) is 23.6 Å². The Morgan fingerprint density at radius 3 is 2.40 bits per heavy atom. The first kappa shape index (κ1) is 23.9. The SMILES string of the molecule is CCc1c(F)cc(C(=O)NN)cc1N[C@@H](C)C1CCC(NC(=O)OC(C)(C)C)CC1. The number of rotatable bonds is 6. The summed E-state index contributed by atoms with van der Waals surface area (Å²) in [7, 11) is 0. The number of hydrazine groups is 1. The predicted octanol–water partition coefficient (Wildman–Crippen LogP) is 3.88. The highest BCUT2D eigenvalue weighted by Crippen LogP contribution is 2.31. The third-order valence-corrected chi connectivity index (χ3v) is 5.53. The van der Waals surface area contributed by atoms with Crippen molar-refractivity contribution in [2.24, 2.45) is 11.8 Å². The molecule has 7 nitrogen and oxygen atoms in total. The second-order valence-electron chi connectivity index (χ2n) is 9.00. The number of benzene rings is 1. The lowest BCUT2D eigenvalue weighted by Crippen LogP contribution is -2.42. The molecule has 168 valence electrons. The first-order valence-corrected chi connectivity index (χ1v) is 10.6. The minimum absolute atomic E-state index is 0.0911. The van der Waals surface area contributed by atoms with Gasteiger partial charge in [-0.1, -0.05) is 6.92 Å². The number of carbonyl (C=O) groups is 2. The van der Waals surface area contributed by atoms with Crippen molar-refractivity contribution in [2.45, 2.75) is 84.4 Å². The van der Waals surface area contributed by atoms with Gasteiger partial charge in [0.25, 0.3) is 5.91 Å². The van der Waals surface area contributed by atoms with Crippen molar-refractivity contribution in [1.82, 2.24) is 10.7 Å². The van der Waals surface area contributed by atoms with Gasteiger partial charge in [-0.2, -0.15) is 0 Å². The molecule has 0 aliphatic heterocycles. The van der Waals surface area contributed by atoms with Crippen molar-refractivity contribution in [3.05, 3.63) is 29.1 Å². The maximum atomic E-state index is 14.5. The van der Waals surface area contributed by atoms with Crippen molar-refractivity contribution in [3.8, 4) is 0 Å². The molecule has 0 unspecified atom stereocenters. The second-order valence-corrected chi connectivity index (χ2v) is 9.00. The zero-order valence-corrected chi connectivity index (χ0v) is 18.6. The number of hydrogen-bond acceptors (Lipinski definition) is 5. The van der Waals surface area contributed by atoms with Gasteiger partial charge in [0.1, 0.15) is 11.4 Å². The Labute approximate surface area is 178 Å². The summed E-state index contributed by atoms with van der Waals surface area (Å²) in [4.78, 5) is 23.8. The highest BCUT2D eigenvalue weighted by Gasteiger charge is 2.28. The second kappa shape index (κ2) is 10.1. The summed E-state index contributed by atoms with van der Waals surface area (Å²) >= 11 is 0. The van der Waals surface area contributed by atoms with Crippen LogP contribution in [-0.4, -0.2) is 29.7 Å². The van der Waals surface area contributed by atoms with Crippen LogP contribution in [0.4, 0.5) is 14.9 Å². The highest BCUT2D eigenvalue weighted by molar-refractivity contribution is 5.95. The molecule has 0 heterocycles. The lowest BCUT2D eigenvalue weighted by molar-refractivity contribution is 0.0486. The molecule has 2 rings (SSSR count). The van der Waals surface area contributed by atoms with Gasteiger partial charge in [0.15, 0.2) is 0 Å². The van der Waals surface area contributed by atoms with Gasteiger partial charge in [0.2, 0.25) is 0 Å². The Hall–Kier alpha value is -2.35. The fourth-order valence-electron chi connectivity index (χ4n) is 3.94. The van der Waals surface area contributed by atoms with Crippen molar-refractivity contribution in [1.29, 1.82) is 0 Å². The smallest absolute Gasteiger partial charge is 0.407 e. The molecule has 5 N–H and O–H groups in total. The number of alkyl carbamates (subject to hydrolysis) is 1. The lowest BCUT2D eigenvalue weighted by Gasteiger charge is -2.34. The molecule has 1 aromatic carbocycles. The van der Waals surface area contributed by atoms with Crippen molar-refractivity contribution < 1.29 is 18.7 Å². The molecule has 1 saturated carbocycles. The first-order chi connectivity index (χ1) is 14.0. The molecule has 1 aliphatic rings. The summed E-state index contributed by atoms with van der Waals surface area (Å²) in [6.45, 7) is 9.48. The molecule has 1 atom stereocenters. The van der Waals surface area contributed by atoms with Crippen LogP contribution in [0, 0.1) is 11.7 Å². The van der Waals surface area contributed by atoms with E-state index in [0.717, 1.165) is 25.7 Å². The molecule has 1 fully saturated rings. The van der Waals surface area contributed by atoms with Crippen molar-refractivity contribution in [2.75, 3.05) is 5.32 Å². The topological polar surface area (TPSA) is 105 Å². The van der Waals surface area contributed by atoms with Crippen LogP contribution in [0.1, 0.15) is 76.2 Å². The van der Waals surface area contributed by atoms with Crippen LogP contribution >= 0.6 is 0 Å². The van der Waals surface area contributed by atoms with E-state index in [4.69, 9.17) is 10.6 Å². The molecule has 0 aromatic heterocycles. The van der Waals surface area contributed by atoms with Crippen LogP contribution in [-0.2, 0) is 11.2 Å². The van der Waals surface area contributed by atoms with Gasteiger partial charge in [0, 0.05) is 28.9 Å². The molecule has 1 aromatic rings. The molecule has 8 heteroatoms. The van der Waals surface area contributed by atoms with Gasteiger partial charge >= 0.3 is 6.09 Å². The van der Waals surface area contributed by atoms with E-state index in [2.05, 4.69) is 17.6 Å². The summed E-state index contributed by atoms with van der Waals surface area (Å²) in [5.41, 5.74) is 2.90. The monoisotopic (exact) mass is 422 g/mol. The predicted molar refractivity (Wildman–Crippen MR) is 116 cm³/mol. The maximum Gasteiger partial charge on any atom is 0.407 e. The van der Waals surface area contributed by atoms with E-state index in [1.165, 1.54) is 6.07 Å². The number of ether oxygens (including phenoxy) is 1. The van der Waals surface area contributed by atoms with E-state index >= 15 is 0 Å². The van der Waals surface area contributed by atoms with Gasteiger partial charge in [-0.05, 0) is 77.8 Å². The normalized spacial score (nSPS) is 20.2. The van der Waals surface area contributed by atoms with E-state index in [9.17, 15) is 14.0 Å². The van der Waals surface area contributed by atoms with E-state index in [-0.39, 0.29) is 23.7 Å². The van der Waals surface area contributed by atoms with Gasteiger partial charge in [-0.3, -0.25) is 10.2 Å². The molecule has 0 bridgehead atoms. The summed E-state index contributed by atoms with van der Waals surface area (Å²) in [6, 6.07) is 3.05. The lowest BCUT2D eigenvalue weighted by atomic mass is 9.82. The number of nitrogens with two attached hydrogens (primary N) is 1. The number of halogens is 1. The van der Waals surface area contributed by atoms with Crippen LogP contribution < -0.4 is 21.9 Å². The van der Waals surface area contributed by atoms with Gasteiger partial charge in [-0.15, -0.1) is 0 Å². The quantitative estimate of drug-likeness (QED) is 0.316. The molecule has 30 heavy (non-hydrogen) atoms. The average Bonchev–Trinajstić information content (AvgIpc) is 2.66. The number of hydrogen-bond donors (Lipinski definition) is 4. The molecule has 0 radical (unpaired) electrons. The fraction of sp³-hybridized carbons (Fsp3) is 0.636. The number of anilines is 1. The summed E-state index contributed by atoms with van der Waals surface area (Å²) in [5, 5.41) is 6.35. The van der Waals surface area contributed by atoms with Crippen LogP contribution in [0.2, 0.25) is 0 Å². The van der Waals surface area contributed by atoms with Crippen LogP contribution in [0.15, 0.2) is 12.1 Å². The molecule has 2 amide bonds. The molecular weight excluding hydrogens is 387 g/mol. The Balaban J connectivity index is 1.98. The summed E-state index contributed by atoms with van der Waals surface area (Å²) < 4.78 is 19.8. The summed E-state index contributed by atoms with van der Waals surface area (Å²) in [6.07, 6.45) is 3.72. The minimum atomic E-state index is -0.527. The van der Waals surface area contributed by atoms with E-state index < -0.39 is 17.3 Å². The molecule has 0 spiro atoms. The Morgan fingerprint density at radius 1 is 1.23 bits per heavy atom. The molecule has 0 saturated heterocycles.